The Labute approximate surface area is 125 Å². The fourth-order valence-electron chi connectivity index (χ4n) is 1.68. The van der Waals surface area contributed by atoms with Crippen molar-refractivity contribution in [3.8, 4) is 5.75 Å². The molecule has 0 atom stereocenters. The summed E-state index contributed by atoms with van der Waals surface area (Å²) in [6.45, 7) is 0. The van der Waals surface area contributed by atoms with Crippen LogP contribution in [0.2, 0.25) is 5.02 Å². The van der Waals surface area contributed by atoms with Crippen LogP contribution in [-0.4, -0.2) is 12.0 Å². The zero-order valence-electron chi connectivity index (χ0n) is 10.7. The van der Waals surface area contributed by atoms with Crippen molar-refractivity contribution < 1.29 is 9.66 Å². The van der Waals surface area contributed by atoms with Crippen LogP contribution in [0.1, 0.15) is 5.56 Å². The Hall–Kier alpha value is -1.72. The summed E-state index contributed by atoms with van der Waals surface area (Å²) in [5.41, 5.74) is 0.779. The van der Waals surface area contributed by atoms with Gasteiger partial charge in [-0.1, -0.05) is 23.7 Å². The van der Waals surface area contributed by atoms with E-state index < -0.39 is 4.92 Å². The van der Waals surface area contributed by atoms with Crippen molar-refractivity contribution >= 4 is 29.1 Å². The van der Waals surface area contributed by atoms with Crippen molar-refractivity contribution in [2.45, 2.75) is 10.6 Å². The van der Waals surface area contributed by atoms with E-state index in [4.69, 9.17) is 16.3 Å². The number of ether oxygens (including phenoxy) is 1. The molecule has 4 nitrogen and oxygen atoms in total. The number of non-ortho nitro benzene ring substituents is 1. The molecule has 0 radical (unpaired) electrons. The second-order valence-corrected chi connectivity index (χ2v) is 5.40. The van der Waals surface area contributed by atoms with Gasteiger partial charge >= 0.3 is 0 Å². The Balaban J connectivity index is 2.18. The van der Waals surface area contributed by atoms with Crippen LogP contribution in [0.5, 0.6) is 5.75 Å². The summed E-state index contributed by atoms with van der Waals surface area (Å²) < 4.78 is 5.26. The maximum Gasteiger partial charge on any atom is 0.269 e. The number of methoxy groups -OCH3 is 1. The van der Waals surface area contributed by atoms with E-state index in [9.17, 15) is 10.1 Å². The molecular weight excluding hydrogens is 298 g/mol. The third-order valence-electron chi connectivity index (χ3n) is 2.69. The van der Waals surface area contributed by atoms with Crippen LogP contribution in [0.3, 0.4) is 0 Å². The van der Waals surface area contributed by atoms with E-state index in [0.717, 1.165) is 16.2 Å². The first kappa shape index (κ1) is 14.7. The van der Waals surface area contributed by atoms with Crippen LogP contribution in [0.25, 0.3) is 0 Å². The normalized spacial score (nSPS) is 10.3. The molecule has 6 heteroatoms. The van der Waals surface area contributed by atoms with Gasteiger partial charge in [0.2, 0.25) is 0 Å². The minimum absolute atomic E-state index is 0.0463. The molecule has 0 aromatic heterocycles. The van der Waals surface area contributed by atoms with Crippen molar-refractivity contribution in [3.05, 3.63) is 63.2 Å². The molecule has 0 fully saturated rings. The molecule has 0 saturated carbocycles. The smallest absolute Gasteiger partial charge is 0.269 e. The van der Waals surface area contributed by atoms with Gasteiger partial charge < -0.3 is 4.74 Å². The molecule has 0 amide bonds. The van der Waals surface area contributed by atoms with Crippen molar-refractivity contribution in [2.24, 2.45) is 0 Å². The van der Waals surface area contributed by atoms with Crippen LogP contribution >= 0.6 is 23.4 Å². The van der Waals surface area contributed by atoms with E-state index in [2.05, 4.69) is 0 Å². The number of rotatable bonds is 5. The highest BCUT2D eigenvalue weighted by atomic mass is 35.5. The molecule has 2 rings (SSSR count). The Morgan fingerprint density at radius 1 is 1.30 bits per heavy atom. The second kappa shape index (κ2) is 6.63. The van der Waals surface area contributed by atoms with Gasteiger partial charge in [0, 0.05) is 27.8 Å². The topological polar surface area (TPSA) is 52.4 Å². The van der Waals surface area contributed by atoms with Crippen LogP contribution in [-0.2, 0) is 5.75 Å². The first-order chi connectivity index (χ1) is 9.61. The highest BCUT2D eigenvalue weighted by molar-refractivity contribution is 7.98. The van der Waals surface area contributed by atoms with Gasteiger partial charge in [-0.2, -0.15) is 0 Å². The summed E-state index contributed by atoms with van der Waals surface area (Å²) in [6.07, 6.45) is 0. The molecule has 0 unspecified atom stereocenters. The number of nitro groups is 1. The number of para-hydroxylation sites is 1. The number of benzene rings is 2. The van der Waals surface area contributed by atoms with Crippen LogP contribution in [0.4, 0.5) is 5.69 Å². The SMILES string of the molecule is COc1ccccc1SCc1cc([N+](=O)[O-])ccc1Cl. The standard InChI is InChI=1S/C14H12ClNO3S/c1-19-13-4-2-3-5-14(13)20-9-10-8-11(16(17)18)6-7-12(10)15/h2-8H,9H2,1H3. The second-order valence-electron chi connectivity index (χ2n) is 3.97. The first-order valence-corrected chi connectivity index (χ1v) is 7.17. The van der Waals surface area contributed by atoms with Gasteiger partial charge in [0.15, 0.2) is 0 Å². The van der Waals surface area contributed by atoms with Crippen LogP contribution in [0, 0.1) is 10.1 Å². The number of thioether (sulfide) groups is 1. The van der Waals surface area contributed by atoms with Crippen LogP contribution in [0.15, 0.2) is 47.4 Å². The molecule has 20 heavy (non-hydrogen) atoms. The first-order valence-electron chi connectivity index (χ1n) is 5.80. The van der Waals surface area contributed by atoms with Gasteiger partial charge in [-0.05, 0) is 23.8 Å². The maximum absolute atomic E-state index is 10.8. The lowest BCUT2D eigenvalue weighted by Crippen LogP contribution is -1.91. The van der Waals surface area contributed by atoms with Crippen molar-refractivity contribution in [3.63, 3.8) is 0 Å². The fourth-order valence-corrected chi connectivity index (χ4v) is 2.96. The molecule has 2 aromatic rings. The molecule has 0 aliphatic rings. The minimum Gasteiger partial charge on any atom is -0.496 e. The lowest BCUT2D eigenvalue weighted by Gasteiger charge is -2.08. The molecule has 0 aliphatic carbocycles. The lowest BCUT2D eigenvalue weighted by atomic mass is 10.2. The summed E-state index contributed by atoms with van der Waals surface area (Å²) in [5.74, 6) is 1.32. The number of hydrogen-bond donors (Lipinski definition) is 0. The summed E-state index contributed by atoms with van der Waals surface area (Å²) in [4.78, 5) is 11.3. The Morgan fingerprint density at radius 3 is 2.75 bits per heavy atom. The predicted molar refractivity (Wildman–Crippen MR) is 80.7 cm³/mol. The van der Waals surface area contributed by atoms with E-state index >= 15 is 0 Å². The Kier molecular flexibility index (Phi) is 4.87. The Bertz CT molecular complexity index is 634. The van der Waals surface area contributed by atoms with Crippen molar-refractivity contribution in [2.75, 3.05) is 7.11 Å². The number of nitro benzene ring substituents is 1. The van der Waals surface area contributed by atoms with E-state index in [1.807, 2.05) is 24.3 Å². The summed E-state index contributed by atoms with van der Waals surface area (Å²) in [6, 6.07) is 12.1. The van der Waals surface area contributed by atoms with Gasteiger partial charge in [-0.3, -0.25) is 10.1 Å². The molecule has 2 aromatic carbocycles. The minimum atomic E-state index is -0.423. The largest absolute Gasteiger partial charge is 0.496 e. The third kappa shape index (κ3) is 3.43. The predicted octanol–water partition coefficient (Wildman–Crippen LogP) is 4.55. The van der Waals surface area contributed by atoms with Gasteiger partial charge in [-0.25, -0.2) is 0 Å². The molecule has 0 heterocycles. The fraction of sp³-hybridized carbons (Fsp3) is 0.143. The summed E-state index contributed by atoms with van der Waals surface area (Å²) in [7, 11) is 1.61. The lowest BCUT2D eigenvalue weighted by molar-refractivity contribution is -0.384. The van der Waals surface area contributed by atoms with Crippen molar-refractivity contribution in [1.29, 1.82) is 0 Å². The summed E-state index contributed by atoms with van der Waals surface area (Å²) >= 11 is 7.60. The quantitative estimate of drug-likeness (QED) is 0.462. The third-order valence-corrected chi connectivity index (χ3v) is 4.16. The van der Waals surface area contributed by atoms with Gasteiger partial charge in [0.05, 0.1) is 12.0 Å². The molecule has 0 bridgehead atoms. The van der Waals surface area contributed by atoms with E-state index in [1.54, 1.807) is 13.2 Å². The molecule has 104 valence electrons. The molecule has 0 N–H and O–H groups in total. The maximum atomic E-state index is 10.8. The van der Waals surface area contributed by atoms with E-state index in [0.29, 0.717) is 10.8 Å². The van der Waals surface area contributed by atoms with Gasteiger partial charge in [0.1, 0.15) is 5.75 Å². The average Bonchev–Trinajstić information content (AvgIpc) is 2.46. The van der Waals surface area contributed by atoms with Crippen LogP contribution < -0.4 is 4.74 Å². The number of halogens is 1. The van der Waals surface area contributed by atoms with Crippen molar-refractivity contribution in [1.82, 2.24) is 0 Å². The number of nitrogens with zero attached hydrogens (tertiary/aromatic N) is 1. The van der Waals surface area contributed by atoms with E-state index in [-0.39, 0.29) is 5.69 Å². The zero-order chi connectivity index (χ0) is 14.5. The monoisotopic (exact) mass is 309 g/mol. The number of hydrogen-bond acceptors (Lipinski definition) is 4. The Morgan fingerprint density at radius 2 is 2.05 bits per heavy atom. The summed E-state index contributed by atoms with van der Waals surface area (Å²) in [5, 5.41) is 11.3. The zero-order valence-corrected chi connectivity index (χ0v) is 12.3. The van der Waals surface area contributed by atoms with E-state index in [1.165, 1.54) is 23.9 Å². The molecule has 0 spiro atoms. The molecule has 0 saturated heterocycles. The van der Waals surface area contributed by atoms with Gasteiger partial charge in [-0.15, -0.1) is 11.8 Å². The average molecular weight is 310 g/mol. The molecular formula is C14H12ClNO3S. The highest BCUT2D eigenvalue weighted by Gasteiger charge is 2.11. The molecule has 0 aliphatic heterocycles. The highest BCUT2D eigenvalue weighted by Crippen LogP contribution is 2.33. The van der Waals surface area contributed by atoms with Gasteiger partial charge in [0.25, 0.3) is 5.69 Å².